The molecule has 7 nitrogen and oxygen atoms in total. The zero-order valence-corrected chi connectivity index (χ0v) is 17.1. The predicted octanol–water partition coefficient (Wildman–Crippen LogP) is 2.89. The van der Waals surface area contributed by atoms with Crippen LogP contribution >= 0.6 is 11.8 Å². The molecule has 8 heteroatoms. The number of carbonyl (C=O) groups is 1. The lowest BCUT2D eigenvalue weighted by atomic mass is 10.2. The fraction of sp³-hybridized carbons (Fsp3) is 0.136. The van der Waals surface area contributed by atoms with Crippen molar-refractivity contribution >= 4 is 28.6 Å². The summed E-state index contributed by atoms with van der Waals surface area (Å²) in [5, 5.41) is 3.76. The third kappa shape index (κ3) is 4.38. The van der Waals surface area contributed by atoms with Crippen molar-refractivity contribution < 1.29 is 4.79 Å². The Morgan fingerprint density at radius 3 is 2.67 bits per heavy atom. The summed E-state index contributed by atoms with van der Waals surface area (Å²) in [5.41, 5.74) is 2.14. The van der Waals surface area contributed by atoms with Gasteiger partial charge in [-0.1, -0.05) is 36.0 Å². The molecule has 0 atom stereocenters. The molecule has 0 aliphatic heterocycles. The Morgan fingerprint density at radius 1 is 1.07 bits per heavy atom. The van der Waals surface area contributed by atoms with Gasteiger partial charge in [-0.2, -0.15) is 0 Å². The number of para-hydroxylation sites is 1. The highest BCUT2D eigenvalue weighted by Crippen LogP contribution is 2.20. The highest BCUT2D eigenvalue weighted by atomic mass is 32.2. The second-order valence-corrected chi connectivity index (χ2v) is 7.57. The molecule has 3 aromatic heterocycles. The molecule has 1 amide bonds. The fourth-order valence-corrected chi connectivity index (χ4v) is 3.71. The van der Waals surface area contributed by atoms with Crippen molar-refractivity contribution in [3.63, 3.8) is 0 Å². The molecule has 0 fully saturated rings. The number of aromatic nitrogens is 4. The highest BCUT2D eigenvalue weighted by molar-refractivity contribution is 7.99. The van der Waals surface area contributed by atoms with Crippen molar-refractivity contribution in [1.29, 1.82) is 0 Å². The van der Waals surface area contributed by atoms with Crippen molar-refractivity contribution in [3.05, 3.63) is 88.6 Å². The van der Waals surface area contributed by atoms with E-state index in [0.717, 1.165) is 11.3 Å². The molecule has 0 aliphatic rings. The van der Waals surface area contributed by atoms with Gasteiger partial charge in [-0.05, 0) is 42.8 Å². The molecule has 0 unspecified atom stereocenters. The second-order valence-electron chi connectivity index (χ2n) is 6.63. The maximum atomic E-state index is 13.2. The summed E-state index contributed by atoms with van der Waals surface area (Å²) in [7, 11) is 0. The number of benzene rings is 1. The van der Waals surface area contributed by atoms with E-state index in [2.05, 4.69) is 20.3 Å². The maximum Gasteiger partial charge on any atom is 0.267 e. The summed E-state index contributed by atoms with van der Waals surface area (Å²) < 4.78 is 1.46. The number of fused-ring (bicyclic) bond motifs is 1. The third-order valence-corrected chi connectivity index (χ3v) is 5.33. The van der Waals surface area contributed by atoms with Crippen LogP contribution in [-0.2, 0) is 11.3 Å². The largest absolute Gasteiger partial charge is 0.350 e. The molecule has 0 aliphatic carbocycles. The Morgan fingerprint density at radius 2 is 1.90 bits per heavy atom. The Kier molecular flexibility index (Phi) is 5.85. The number of aryl methyl sites for hydroxylation is 1. The standard InChI is InChI=1S/C22H19N5O2S/c1-15-9-10-19(24-12-15)27-21(29)17-7-2-3-8-18(17)26-22(27)30-14-20(28)25-13-16-6-4-5-11-23-16/h2-12H,13-14H2,1H3,(H,25,28). The average Bonchev–Trinajstić information content (AvgIpc) is 2.78. The Bertz CT molecular complexity index is 1240. The summed E-state index contributed by atoms with van der Waals surface area (Å²) in [6, 6.07) is 16.4. The van der Waals surface area contributed by atoms with E-state index in [1.54, 1.807) is 36.7 Å². The average molecular weight is 417 g/mol. The van der Waals surface area contributed by atoms with Crippen LogP contribution in [-0.4, -0.2) is 31.2 Å². The van der Waals surface area contributed by atoms with Crippen LogP contribution in [0.25, 0.3) is 16.7 Å². The van der Waals surface area contributed by atoms with Crippen LogP contribution in [0.5, 0.6) is 0 Å². The van der Waals surface area contributed by atoms with Gasteiger partial charge in [0.2, 0.25) is 5.91 Å². The monoisotopic (exact) mass is 417 g/mol. The molecular formula is C22H19N5O2S. The lowest BCUT2D eigenvalue weighted by Crippen LogP contribution is -2.26. The first-order valence-corrected chi connectivity index (χ1v) is 10.3. The number of rotatable bonds is 6. The number of nitrogens with zero attached hydrogens (tertiary/aromatic N) is 4. The first-order chi connectivity index (χ1) is 14.6. The Balaban J connectivity index is 1.60. The Labute approximate surface area is 177 Å². The smallest absolute Gasteiger partial charge is 0.267 e. The van der Waals surface area contributed by atoms with Gasteiger partial charge in [0.25, 0.3) is 5.56 Å². The second kappa shape index (κ2) is 8.87. The lowest BCUT2D eigenvalue weighted by Gasteiger charge is -2.12. The zero-order valence-electron chi connectivity index (χ0n) is 16.3. The molecule has 0 saturated carbocycles. The minimum absolute atomic E-state index is 0.115. The summed E-state index contributed by atoms with van der Waals surface area (Å²) in [5.74, 6) is 0.417. The summed E-state index contributed by atoms with van der Waals surface area (Å²) >= 11 is 1.20. The van der Waals surface area contributed by atoms with Crippen LogP contribution in [0.15, 0.2) is 76.9 Å². The topological polar surface area (TPSA) is 89.8 Å². The molecule has 0 bridgehead atoms. The van der Waals surface area contributed by atoms with E-state index < -0.39 is 0 Å². The fourth-order valence-electron chi connectivity index (χ4n) is 2.88. The number of carbonyl (C=O) groups excluding carboxylic acids is 1. The van der Waals surface area contributed by atoms with Crippen molar-refractivity contribution in [2.45, 2.75) is 18.6 Å². The van der Waals surface area contributed by atoms with Gasteiger partial charge in [0.1, 0.15) is 5.82 Å². The van der Waals surface area contributed by atoms with E-state index in [4.69, 9.17) is 0 Å². The Hall–Kier alpha value is -3.52. The van der Waals surface area contributed by atoms with E-state index in [0.29, 0.717) is 28.4 Å². The number of hydrogen-bond acceptors (Lipinski definition) is 6. The van der Waals surface area contributed by atoms with Gasteiger partial charge in [0, 0.05) is 12.4 Å². The molecule has 4 aromatic rings. The van der Waals surface area contributed by atoms with Gasteiger partial charge in [-0.25, -0.2) is 14.5 Å². The zero-order chi connectivity index (χ0) is 20.9. The molecule has 150 valence electrons. The van der Waals surface area contributed by atoms with Crippen LogP contribution in [0, 0.1) is 6.92 Å². The van der Waals surface area contributed by atoms with Gasteiger partial charge in [0.15, 0.2) is 5.16 Å². The third-order valence-electron chi connectivity index (χ3n) is 4.39. The molecule has 0 spiro atoms. The summed E-state index contributed by atoms with van der Waals surface area (Å²) in [6.07, 6.45) is 3.38. The van der Waals surface area contributed by atoms with Crippen LogP contribution < -0.4 is 10.9 Å². The predicted molar refractivity (Wildman–Crippen MR) is 117 cm³/mol. The van der Waals surface area contributed by atoms with Gasteiger partial charge in [0.05, 0.1) is 28.9 Å². The molecule has 30 heavy (non-hydrogen) atoms. The van der Waals surface area contributed by atoms with E-state index in [9.17, 15) is 9.59 Å². The number of hydrogen-bond donors (Lipinski definition) is 1. The molecule has 4 rings (SSSR count). The lowest BCUT2D eigenvalue weighted by molar-refractivity contribution is -0.118. The van der Waals surface area contributed by atoms with Gasteiger partial charge in [-0.15, -0.1) is 0 Å². The van der Waals surface area contributed by atoms with Crippen LogP contribution in [0.1, 0.15) is 11.3 Å². The highest BCUT2D eigenvalue weighted by Gasteiger charge is 2.15. The molecule has 0 radical (unpaired) electrons. The number of amides is 1. The van der Waals surface area contributed by atoms with Crippen LogP contribution in [0.3, 0.4) is 0 Å². The van der Waals surface area contributed by atoms with E-state index in [1.165, 1.54) is 16.3 Å². The number of pyridine rings is 2. The van der Waals surface area contributed by atoms with Crippen LogP contribution in [0.2, 0.25) is 0 Å². The molecule has 0 saturated heterocycles. The molecular weight excluding hydrogens is 398 g/mol. The number of nitrogens with one attached hydrogen (secondary N) is 1. The quantitative estimate of drug-likeness (QED) is 0.383. The summed E-state index contributed by atoms with van der Waals surface area (Å²) in [4.78, 5) is 38.7. The van der Waals surface area contributed by atoms with Gasteiger partial charge in [-0.3, -0.25) is 14.6 Å². The molecule has 3 heterocycles. The summed E-state index contributed by atoms with van der Waals surface area (Å²) in [6.45, 7) is 2.28. The maximum absolute atomic E-state index is 13.2. The van der Waals surface area contributed by atoms with Gasteiger partial charge >= 0.3 is 0 Å². The van der Waals surface area contributed by atoms with Crippen molar-refractivity contribution in [2.75, 3.05) is 5.75 Å². The van der Waals surface area contributed by atoms with Gasteiger partial charge < -0.3 is 5.32 Å². The minimum Gasteiger partial charge on any atom is -0.350 e. The normalized spacial score (nSPS) is 10.8. The van der Waals surface area contributed by atoms with E-state index in [-0.39, 0.29) is 17.2 Å². The number of thioether (sulfide) groups is 1. The van der Waals surface area contributed by atoms with Crippen LogP contribution in [0.4, 0.5) is 0 Å². The SMILES string of the molecule is Cc1ccc(-n2c(SCC(=O)NCc3ccccn3)nc3ccccc3c2=O)nc1. The van der Waals surface area contributed by atoms with Crippen molar-refractivity contribution in [2.24, 2.45) is 0 Å². The first kappa shape index (κ1) is 19.8. The van der Waals surface area contributed by atoms with Crippen molar-refractivity contribution in [1.82, 2.24) is 24.8 Å². The van der Waals surface area contributed by atoms with Crippen molar-refractivity contribution in [3.8, 4) is 5.82 Å². The molecule has 1 N–H and O–H groups in total. The van der Waals surface area contributed by atoms with E-state index >= 15 is 0 Å². The first-order valence-electron chi connectivity index (χ1n) is 9.36. The molecule has 1 aromatic carbocycles. The minimum atomic E-state index is -0.214. The van der Waals surface area contributed by atoms with E-state index in [1.807, 2.05) is 37.3 Å².